The van der Waals surface area contributed by atoms with Crippen molar-refractivity contribution in [1.29, 1.82) is 0 Å². The third kappa shape index (κ3) is 3.20. The zero-order valence-corrected chi connectivity index (χ0v) is 14.9. The molecule has 0 bridgehead atoms. The van der Waals surface area contributed by atoms with E-state index in [-0.39, 0.29) is 28.7 Å². The molecule has 1 amide bonds. The lowest BCUT2D eigenvalue weighted by molar-refractivity contribution is -0.115. The molecule has 0 saturated carbocycles. The van der Waals surface area contributed by atoms with Crippen LogP contribution in [-0.4, -0.2) is 49.4 Å². The Morgan fingerprint density at radius 2 is 2.17 bits per heavy atom. The van der Waals surface area contributed by atoms with Crippen molar-refractivity contribution in [2.24, 2.45) is 4.99 Å². The van der Waals surface area contributed by atoms with Crippen LogP contribution in [0.4, 0.5) is 5.69 Å². The second kappa shape index (κ2) is 5.99. The normalized spacial score (nSPS) is 27.3. The summed E-state index contributed by atoms with van der Waals surface area (Å²) in [6, 6.07) is 4.82. The van der Waals surface area contributed by atoms with E-state index in [0.29, 0.717) is 21.6 Å². The van der Waals surface area contributed by atoms with Gasteiger partial charge in [-0.25, -0.2) is 8.42 Å². The summed E-state index contributed by atoms with van der Waals surface area (Å²) in [6.07, 6.45) is 0. The lowest BCUT2D eigenvalue weighted by Gasteiger charge is -2.26. The summed E-state index contributed by atoms with van der Waals surface area (Å²) < 4.78 is 29.3. The third-order valence-electron chi connectivity index (χ3n) is 3.72. The summed E-state index contributed by atoms with van der Waals surface area (Å²) in [4.78, 5) is 17.3. The number of carbonyl (C=O) groups is 1. The fourth-order valence-electron chi connectivity index (χ4n) is 2.83. The molecule has 2 atom stereocenters. The Labute approximate surface area is 143 Å². The smallest absolute Gasteiger partial charge is 0.244 e. The van der Waals surface area contributed by atoms with E-state index in [1.807, 2.05) is 0 Å². The van der Waals surface area contributed by atoms with Gasteiger partial charge in [0.25, 0.3) is 0 Å². The van der Waals surface area contributed by atoms with Gasteiger partial charge in [-0.2, -0.15) is 4.99 Å². The zero-order valence-electron chi connectivity index (χ0n) is 12.5. The van der Waals surface area contributed by atoms with Crippen molar-refractivity contribution in [1.82, 2.24) is 0 Å². The van der Waals surface area contributed by atoms with E-state index in [9.17, 15) is 13.2 Å². The number of aliphatic imine (C=N–C) groups is 1. The molecule has 23 heavy (non-hydrogen) atoms. The van der Waals surface area contributed by atoms with Gasteiger partial charge in [-0.15, -0.1) is 0 Å². The van der Waals surface area contributed by atoms with Crippen molar-refractivity contribution >= 4 is 50.0 Å². The van der Waals surface area contributed by atoms with Crippen LogP contribution in [0.1, 0.15) is 6.92 Å². The van der Waals surface area contributed by atoms with Gasteiger partial charge in [-0.05, 0) is 18.2 Å². The van der Waals surface area contributed by atoms with Crippen LogP contribution in [0.2, 0.25) is 5.02 Å². The number of ether oxygens (including phenoxy) is 1. The molecule has 9 heteroatoms. The minimum Gasteiger partial charge on any atom is -0.495 e. The number of hydrogen-bond donors (Lipinski definition) is 0. The molecule has 0 unspecified atom stereocenters. The van der Waals surface area contributed by atoms with Crippen molar-refractivity contribution < 1.29 is 17.9 Å². The molecule has 2 saturated heterocycles. The number of amides is 1. The number of methoxy groups -OCH3 is 1. The number of anilines is 1. The number of thioether (sulfide) groups is 1. The van der Waals surface area contributed by atoms with Gasteiger partial charge >= 0.3 is 0 Å². The Morgan fingerprint density at radius 3 is 2.83 bits per heavy atom. The van der Waals surface area contributed by atoms with E-state index in [1.165, 1.54) is 25.8 Å². The first kappa shape index (κ1) is 16.6. The molecular formula is C14H15ClN2O4S2. The van der Waals surface area contributed by atoms with Crippen molar-refractivity contribution in [3.05, 3.63) is 23.2 Å². The average Bonchev–Trinajstić information content (AvgIpc) is 2.88. The van der Waals surface area contributed by atoms with Gasteiger partial charge < -0.3 is 9.64 Å². The number of amidine groups is 1. The van der Waals surface area contributed by atoms with E-state index in [1.54, 1.807) is 23.1 Å². The molecule has 1 aromatic rings. The maximum absolute atomic E-state index is 12.0. The molecule has 6 nitrogen and oxygen atoms in total. The van der Waals surface area contributed by atoms with Crippen LogP contribution in [-0.2, 0) is 14.6 Å². The highest BCUT2D eigenvalue weighted by molar-refractivity contribution is 8.16. The first-order valence-electron chi connectivity index (χ1n) is 6.90. The molecule has 0 N–H and O–H groups in total. The molecule has 2 aliphatic rings. The molecule has 124 valence electrons. The van der Waals surface area contributed by atoms with E-state index in [4.69, 9.17) is 16.3 Å². The summed E-state index contributed by atoms with van der Waals surface area (Å²) >= 11 is 7.41. The van der Waals surface area contributed by atoms with Crippen molar-refractivity contribution in [3.8, 4) is 5.75 Å². The SMILES string of the molecule is COc1ccc(Cl)cc1N1C(=NC(C)=O)S[C@@H]2CS(=O)(=O)C[C@H]21. The number of fused-ring (bicyclic) bond motifs is 1. The number of sulfone groups is 1. The van der Waals surface area contributed by atoms with Gasteiger partial charge in [0.05, 0.1) is 30.3 Å². The number of carbonyl (C=O) groups excluding carboxylic acids is 1. The average molecular weight is 375 g/mol. The number of nitrogens with zero attached hydrogens (tertiary/aromatic N) is 2. The highest BCUT2D eigenvalue weighted by Crippen LogP contribution is 2.44. The summed E-state index contributed by atoms with van der Waals surface area (Å²) in [7, 11) is -1.58. The lowest BCUT2D eigenvalue weighted by atomic mass is 10.2. The number of rotatable bonds is 2. The highest BCUT2D eigenvalue weighted by atomic mass is 35.5. The van der Waals surface area contributed by atoms with Crippen molar-refractivity contribution in [3.63, 3.8) is 0 Å². The second-order valence-electron chi connectivity index (χ2n) is 5.40. The quantitative estimate of drug-likeness (QED) is 0.787. The first-order valence-corrected chi connectivity index (χ1v) is 9.98. The predicted molar refractivity (Wildman–Crippen MR) is 92.4 cm³/mol. The fraction of sp³-hybridized carbons (Fsp3) is 0.429. The van der Waals surface area contributed by atoms with Gasteiger partial charge in [0.15, 0.2) is 15.0 Å². The Balaban J connectivity index is 2.12. The standard InChI is InChI=1S/C14H15ClN2O4S2/c1-8(18)16-14-17(10-5-9(15)3-4-12(10)21-2)11-6-23(19,20)7-13(11)22-14/h3-5,11,13H,6-7H2,1-2H3/t11-,13-/m1/s1. The van der Waals surface area contributed by atoms with Crippen LogP contribution in [0.25, 0.3) is 0 Å². The Hall–Kier alpha value is -1.25. The highest BCUT2D eigenvalue weighted by Gasteiger charge is 2.50. The zero-order chi connectivity index (χ0) is 16.8. The Kier molecular flexibility index (Phi) is 4.33. The van der Waals surface area contributed by atoms with E-state index in [2.05, 4.69) is 4.99 Å². The molecule has 2 fully saturated rings. The minimum atomic E-state index is -3.10. The maximum Gasteiger partial charge on any atom is 0.244 e. The fourth-order valence-corrected chi connectivity index (χ4v) is 6.95. The second-order valence-corrected chi connectivity index (χ2v) is 9.20. The molecule has 0 aromatic heterocycles. The topological polar surface area (TPSA) is 76.0 Å². The molecule has 1 aromatic carbocycles. The monoisotopic (exact) mass is 374 g/mol. The summed E-state index contributed by atoms with van der Waals surface area (Å²) in [6.45, 7) is 1.37. The van der Waals surface area contributed by atoms with Gasteiger partial charge in [0.1, 0.15) is 5.75 Å². The number of hydrogen-bond acceptors (Lipinski definition) is 5. The molecule has 0 aliphatic carbocycles. The number of benzene rings is 1. The number of halogens is 1. The predicted octanol–water partition coefficient (Wildman–Crippen LogP) is 1.97. The largest absolute Gasteiger partial charge is 0.495 e. The van der Waals surface area contributed by atoms with Crippen LogP contribution in [0.15, 0.2) is 23.2 Å². The molecule has 0 spiro atoms. The van der Waals surface area contributed by atoms with Gasteiger partial charge in [0.2, 0.25) is 5.91 Å². The molecule has 2 heterocycles. The summed E-state index contributed by atoms with van der Waals surface area (Å²) in [5.41, 5.74) is 0.622. The van der Waals surface area contributed by atoms with Crippen LogP contribution in [0.5, 0.6) is 5.75 Å². The summed E-state index contributed by atoms with van der Waals surface area (Å²) in [5.74, 6) is 0.327. The van der Waals surface area contributed by atoms with Crippen LogP contribution in [0.3, 0.4) is 0 Å². The summed E-state index contributed by atoms with van der Waals surface area (Å²) in [5, 5.41) is 0.835. The van der Waals surface area contributed by atoms with Crippen LogP contribution >= 0.6 is 23.4 Å². The molecule has 0 radical (unpaired) electrons. The maximum atomic E-state index is 12.0. The van der Waals surface area contributed by atoms with Gasteiger partial charge in [-0.3, -0.25) is 4.79 Å². The Bertz CT molecular complexity index is 794. The third-order valence-corrected chi connectivity index (χ3v) is 7.16. The molecular weight excluding hydrogens is 360 g/mol. The minimum absolute atomic E-state index is 0.0251. The van der Waals surface area contributed by atoms with Crippen molar-refractivity contribution in [2.45, 2.75) is 18.2 Å². The van der Waals surface area contributed by atoms with Gasteiger partial charge in [0, 0.05) is 17.2 Å². The van der Waals surface area contributed by atoms with Crippen LogP contribution < -0.4 is 9.64 Å². The first-order chi connectivity index (χ1) is 10.8. The molecule has 3 rings (SSSR count). The van der Waals surface area contributed by atoms with Gasteiger partial charge in [-0.1, -0.05) is 23.4 Å². The van der Waals surface area contributed by atoms with E-state index < -0.39 is 9.84 Å². The van der Waals surface area contributed by atoms with E-state index in [0.717, 1.165) is 0 Å². The Morgan fingerprint density at radius 1 is 1.43 bits per heavy atom. The van der Waals surface area contributed by atoms with E-state index >= 15 is 0 Å². The molecule has 2 aliphatic heterocycles. The van der Waals surface area contributed by atoms with Crippen LogP contribution in [0, 0.1) is 0 Å². The lowest BCUT2D eigenvalue weighted by Crippen LogP contribution is -2.37. The van der Waals surface area contributed by atoms with Crippen molar-refractivity contribution in [2.75, 3.05) is 23.5 Å².